The van der Waals surface area contributed by atoms with Gasteiger partial charge in [-0.1, -0.05) is 86.7 Å². The van der Waals surface area contributed by atoms with Crippen molar-refractivity contribution < 1.29 is 0 Å². The van der Waals surface area contributed by atoms with E-state index in [-0.39, 0.29) is 0 Å². The number of hydrogen-bond acceptors (Lipinski definition) is 1. The van der Waals surface area contributed by atoms with Crippen molar-refractivity contribution in [1.29, 1.82) is 0 Å². The molecule has 0 fully saturated rings. The van der Waals surface area contributed by atoms with Crippen LogP contribution in [0, 0.1) is 5.92 Å². The predicted octanol–water partition coefficient (Wildman–Crippen LogP) is 5.75. The Kier molecular flexibility index (Phi) is 5.48. The molecule has 2 aromatic rings. The quantitative estimate of drug-likeness (QED) is 0.621. The minimum Gasteiger partial charge on any atom is -0.248 e. The largest absolute Gasteiger partial charge is 0.248 e. The normalized spacial score (nSPS) is 12.5. The standard InChI is InChI=1S/C21H23N/c1-16(2)17(3)15-21(20-13-9-6-10-14-20)22-18(4)19-11-7-5-8-12-19/h5-16H,4H2,1-3H3/b17-15+,22-21?. The van der Waals surface area contributed by atoms with Crippen LogP contribution >= 0.6 is 0 Å². The molecule has 0 aliphatic heterocycles. The predicted molar refractivity (Wildman–Crippen MR) is 97.1 cm³/mol. The zero-order chi connectivity index (χ0) is 15.9. The zero-order valence-corrected chi connectivity index (χ0v) is 13.6. The van der Waals surface area contributed by atoms with Crippen molar-refractivity contribution >= 4 is 11.4 Å². The van der Waals surface area contributed by atoms with Gasteiger partial charge < -0.3 is 0 Å². The fourth-order valence-electron chi connectivity index (χ4n) is 2.01. The second-order valence-electron chi connectivity index (χ2n) is 5.72. The number of hydrogen-bond donors (Lipinski definition) is 0. The molecule has 0 spiro atoms. The third-order valence-electron chi connectivity index (χ3n) is 3.71. The van der Waals surface area contributed by atoms with Crippen LogP contribution in [0.2, 0.25) is 0 Å². The lowest BCUT2D eigenvalue weighted by atomic mass is 10.0. The van der Waals surface area contributed by atoms with Crippen LogP contribution in [-0.2, 0) is 0 Å². The van der Waals surface area contributed by atoms with E-state index in [9.17, 15) is 0 Å². The molecule has 0 bridgehead atoms. The van der Waals surface area contributed by atoms with E-state index < -0.39 is 0 Å². The van der Waals surface area contributed by atoms with Gasteiger partial charge in [-0.15, -0.1) is 0 Å². The first kappa shape index (κ1) is 16.0. The topological polar surface area (TPSA) is 12.4 Å². The van der Waals surface area contributed by atoms with Gasteiger partial charge >= 0.3 is 0 Å². The maximum absolute atomic E-state index is 4.79. The Hall–Kier alpha value is -2.41. The van der Waals surface area contributed by atoms with Crippen molar-refractivity contribution in [2.75, 3.05) is 0 Å². The highest BCUT2D eigenvalue weighted by molar-refractivity contribution is 6.11. The first-order valence-corrected chi connectivity index (χ1v) is 7.64. The van der Waals surface area contributed by atoms with Crippen LogP contribution in [0.4, 0.5) is 0 Å². The summed E-state index contributed by atoms with van der Waals surface area (Å²) in [5.74, 6) is 0.499. The van der Waals surface area contributed by atoms with E-state index in [4.69, 9.17) is 4.99 Å². The maximum Gasteiger partial charge on any atom is 0.0708 e. The van der Waals surface area contributed by atoms with Crippen LogP contribution in [0.1, 0.15) is 31.9 Å². The van der Waals surface area contributed by atoms with Crippen LogP contribution in [0.5, 0.6) is 0 Å². The highest BCUT2D eigenvalue weighted by Crippen LogP contribution is 2.17. The summed E-state index contributed by atoms with van der Waals surface area (Å²) in [6.07, 6.45) is 2.16. The molecule has 0 heterocycles. The number of benzene rings is 2. The van der Waals surface area contributed by atoms with Crippen LogP contribution in [0.15, 0.2) is 83.9 Å². The number of rotatable bonds is 5. The summed E-state index contributed by atoms with van der Waals surface area (Å²) in [6, 6.07) is 20.3. The first-order valence-electron chi connectivity index (χ1n) is 7.64. The van der Waals surface area contributed by atoms with Gasteiger partial charge in [0.2, 0.25) is 0 Å². The second-order valence-corrected chi connectivity index (χ2v) is 5.72. The average Bonchev–Trinajstić information content (AvgIpc) is 2.55. The van der Waals surface area contributed by atoms with E-state index in [1.807, 2.05) is 48.5 Å². The fraction of sp³-hybridized carbons (Fsp3) is 0.190. The van der Waals surface area contributed by atoms with Gasteiger partial charge in [0.1, 0.15) is 0 Å². The smallest absolute Gasteiger partial charge is 0.0708 e. The van der Waals surface area contributed by atoms with E-state index >= 15 is 0 Å². The third kappa shape index (κ3) is 4.29. The SMILES string of the molecule is C=C(N=C(/C=C(\C)C(C)C)c1ccccc1)c1ccccc1. The summed E-state index contributed by atoms with van der Waals surface area (Å²) < 4.78 is 0. The Balaban J connectivity index is 2.43. The summed E-state index contributed by atoms with van der Waals surface area (Å²) in [5, 5.41) is 0. The molecular weight excluding hydrogens is 266 g/mol. The summed E-state index contributed by atoms with van der Waals surface area (Å²) in [5.41, 5.74) is 5.21. The minimum atomic E-state index is 0.499. The molecule has 0 N–H and O–H groups in total. The Labute approximate surface area is 133 Å². The monoisotopic (exact) mass is 289 g/mol. The second kappa shape index (κ2) is 7.56. The molecule has 0 unspecified atom stereocenters. The molecule has 2 aromatic carbocycles. The molecular formula is C21H23N. The molecule has 2 rings (SSSR count). The molecule has 0 aliphatic rings. The van der Waals surface area contributed by atoms with Gasteiger partial charge in [-0.3, -0.25) is 0 Å². The van der Waals surface area contributed by atoms with Crippen molar-refractivity contribution in [3.63, 3.8) is 0 Å². The molecule has 22 heavy (non-hydrogen) atoms. The van der Waals surface area contributed by atoms with Crippen LogP contribution in [-0.4, -0.2) is 5.71 Å². The van der Waals surface area contributed by atoms with E-state index in [1.165, 1.54) is 5.57 Å². The summed E-state index contributed by atoms with van der Waals surface area (Å²) in [7, 11) is 0. The molecule has 0 aliphatic carbocycles. The molecule has 112 valence electrons. The van der Waals surface area contributed by atoms with Crippen LogP contribution in [0.25, 0.3) is 5.70 Å². The van der Waals surface area contributed by atoms with Crippen molar-refractivity contribution in [3.8, 4) is 0 Å². The lowest BCUT2D eigenvalue weighted by Crippen LogP contribution is -2.01. The molecule has 0 aromatic heterocycles. The lowest BCUT2D eigenvalue weighted by molar-refractivity contribution is 0.770. The van der Waals surface area contributed by atoms with Crippen LogP contribution in [0.3, 0.4) is 0 Å². The van der Waals surface area contributed by atoms with Gasteiger partial charge in [-0.2, -0.15) is 0 Å². The van der Waals surface area contributed by atoms with Crippen molar-refractivity contribution in [3.05, 3.63) is 90.0 Å². The molecule has 0 amide bonds. The van der Waals surface area contributed by atoms with Gasteiger partial charge in [-0.05, 0) is 24.5 Å². The van der Waals surface area contributed by atoms with Gasteiger partial charge in [0.05, 0.1) is 11.4 Å². The summed E-state index contributed by atoms with van der Waals surface area (Å²) >= 11 is 0. The zero-order valence-electron chi connectivity index (χ0n) is 13.6. The Morgan fingerprint density at radius 3 is 1.91 bits per heavy atom. The average molecular weight is 289 g/mol. The van der Waals surface area contributed by atoms with Crippen molar-refractivity contribution in [1.82, 2.24) is 0 Å². The fourth-order valence-corrected chi connectivity index (χ4v) is 2.01. The third-order valence-corrected chi connectivity index (χ3v) is 3.71. The van der Waals surface area contributed by atoms with Crippen LogP contribution < -0.4 is 0 Å². The Morgan fingerprint density at radius 1 is 0.909 bits per heavy atom. The van der Waals surface area contributed by atoms with Gasteiger partial charge in [0.25, 0.3) is 0 Å². The van der Waals surface area contributed by atoms with E-state index in [2.05, 4.69) is 45.6 Å². The Morgan fingerprint density at radius 2 is 1.41 bits per heavy atom. The molecule has 0 saturated carbocycles. The lowest BCUT2D eigenvalue weighted by Gasteiger charge is -2.09. The molecule has 0 saturated heterocycles. The van der Waals surface area contributed by atoms with Crippen molar-refractivity contribution in [2.45, 2.75) is 20.8 Å². The van der Waals surface area contributed by atoms with E-state index in [1.54, 1.807) is 0 Å². The minimum absolute atomic E-state index is 0.499. The molecule has 1 heteroatoms. The first-order chi connectivity index (χ1) is 10.6. The van der Waals surface area contributed by atoms with Gasteiger partial charge in [0, 0.05) is 5.56 Å². The number of nitrogens with zero attached hydrogens (tertiary/aromatic N) is 1. The van der Waals surface area contributed by atoms with E-state index in [0.29, 0.717) is 5.92 Å². The molecule has 1 nitrogen and oxygen atoms in total. The van der Waals surface area contributed by atoms with Crippen molar-refractivity contribution in [2.24, 2.45) is 10.9 Å². The summed E-state index contributed by atoms with van der Waals surface area (Å²) in [6.45, 7) is 10.7. The van der Waals surface area contributed by atoms with E-state index in [0.717, 1.165) is 22.5 Å². The Bertz CT molecular complexity index is 676. The number of aliphatic imine (C=N–C) groups is 1. The summed E-state index contributed by atoms with van der Waals surface area (Å²) in [4.78, 5) is 4.79. The highest BCUT2D eigenvalue weighted by atomic mass is 14.8. The molecule has 0 radical (unpaired) electrons. The highest BCUT2D eigenvalue weighted by Gasteiger charge is 2.05. The van der Waals surface area contributed by atoms with Gasteiger partial charge in [0.15, 0.2) is 0 Å². The maximum atomic E-state index is 4.79. The number of allylic oxidation sites excluding steroid dienone is 2. The van der Waals surface area contributed by atoms with Gasteiger partial charge in [-0.25, -0.2) is 4.99 Å². The molecule has 0 atom stereocenters.